The minimum absolute atomic E-state index is 0.163. The van der Waals surface area contributed by atoms with Crippen molar-refractivity contribution < 1.29 is 43.5 Å². The van der Waals surface area contributed by atoms with Gasteiger partial charge in [0.05, 0.1) is 22.1 Å². The van der Waals surface area contributed by atoms with Crippen molar-refractivity contribution in [2.75, 3.05) is 0 Å². The molecule has 0 amide bonds. The Kier molecular flexibility index (Phi) is 6.84. The zero-order valence-electron chi connectivity index (χ0n) is 23.3. The van der Waals surface area contributed by atoms with Crippen LogP contribution in [0, 0.1) is 11.3 Å². The molecule has 1 spiro atoms. The third kappa shape index (κ3) is 4.14. The van der Waals surface area contributed by atoms with Crippen LogP contribution in [0.2, 0.25) is 0 Å². The fraction of sp³-hybridized carbons (Fsp3) is 0.516. The summed E-state index contributed by atoms with van der Waals surface area (Å²) >= 11 is 0. The maximum atomic E-state index is 13.5. The zero-order valence-corrected chi connectivity index (χ0v) is 23.3. The van der Waals surface area contributed by atoms with Gasteiger partial charge in [0, 0.05) is 6.92 Å². The summed E-state index contributed by atoms with van der Waals surface area (Å²) in [6.07, 6.45) is -4.81. The van der Waals surface area contributed by atoms with Crippen molar-refractivity contribution in [2.45, 2.75) is 88.7 Å². The van der Waals surface area contributed by atoms with Crippen LogP contribution in [-0.4, -0.2) is 69.3 Å². The van der Waals surface area contributed by atoms with Crippen LogP contribution in [0.25, 0.3) is 0 Å². The normalized spacial score (nSPS) is 37.6. The van der Waals surface area contributed by atoms with E-state index in [1.54, 1.807) is 67.6 Å². The fourth-order valence-corrected chi connectivity index (χ4v) is 7.17. The van der Waals surface area contributed by atoms with Crippen LogP contribution in [-0.2, 0) is 23.7 Å². The molecule has 1 heterocycles. The first kappa shape index (κ1) is 28.3. The van der Waals surface area contributed by atoms with Crippen molar-refractivity contribution in [2.24, 2.45) is 11.3 Å². The molecule has 8 atom stereocenters. The second-order valence-corrected chi connectivity index (χ2v) is 12.1. The SMILES string of the molecule is CC(=O)O[C@H]1[C@H](OC(=O)c2ccccc2)[C@@]2(C)[C@@H](OC(=O)c3ccccc3)C[C@@H]3C[C@]2(OC3(C)C)[C@@](C)(O)[C@H]1O. The summed E-state index contributed by atoms with van der Waals surface area (Å²) in [4.78, 5) is 39.1. The summed E-state index contributed by atoms with van der Waals surface area (Å²) in [6.45, 7) is 8.09. The number of aliphatic hydroxyl groups excluding tert-OH is 1. The minimum Gasteiger partial charge on any atom is -0.458 e. The topological polar surface area (TPSA) is 129 Å². The lowest BCUT2D eigenvalue weighted by atomic mass is 9.47. The Labute approximate surface area is 233 Å². The molecule has 214 valence electrons. The van der Waals surface area contributed by atoms with Gasteiger partial charge in [-0.1, -0.05) is 36.4 Å². The smallest absolute Gasteiger partial charge is 0.338 e. The molecule has 0 radical (unpaired) electrons. The lowest BCUT2D eigenvalue weighted by Gasteiger charge is -2.65. The third-order valence-corrected chi connectivity index (χ3v) is 9.39. The fourth-order valence-electron chi connectivity index (χ4n) is 7.17. The molecule has 3 fully saturated rings. The molecule has 2 bridgehead atoms. The van der Waals surface area contributed by atoms with E-state index in [0.717, 1.165) is 0 Å². The van der Waals surface area contributed by atoms with Gasteiger partial charge in [-0.2, -0.15) is 0 Å². The number of fused-ring (bicyclic) bond motifs is 1. The summed E-state index contributed by atoms with van der Waals surface area (Å²) < 4.78 is 24.6. The average Bonchev–Trinajstić information content (AvgIpc) is 3.17. The standard InChI is InChI=1S/C31H36O9/c1-18(32)37-23-24(33)30(5,36)31-17-21(28(2,3)40-31)16-22(38-26(34)19-12-8-6-9-13-19)29(31,4)25(23)39-27(35)20-14-10-7-11-15-20/h6-15,21-25,33,36H,16-17H2,1-5H3/t21-,22+,23-,24+,25+,29-,30+,31-/m1/s1. The van der Waals surface area contributed by atoms with Crippen molar-refractivity contribution in [3.63, 3.8) is 0 Å². The van der Waals surface area contributed by atoms with Gasteiger partial charge >= 0.3 is 17.9 Å². The maximum Gasteiger partial charge on any atom is 0.338 e. The van der Waals surface area contributed by atoms with Gasteiger partial charge in [0.2, 0.25) is 0 Å². The number of benzene rings is 2. The van der Waals surface area contributed by atoms with Gasteiger partial charge in [0.15, 0.2) is 12.2 Å². The van der Waals surface area contributed by atoms with E-state index in [1.165, 1.54) is 13.8 Å². The van der Waals surface area contributed by atoms with Crippen LogP contribution in [0.15, 0.2) is 60.7 Å². The van der Waals surface area contributed by atoms with E-state index in [2.05, 4.69) is 0 Å². The minimum atomic E-state index is -1.98. The Bertz CT molecular complexity index is 1290. The summed E-state index contributed by atoms with van der Waals surface area (Å²) in [7, 11) is 0. The molecule has 2 saturated carbocycles. The molecule has 2 N–H and O–H groups in total. The lowest BCUT2D eigenvalue weighted by molar-refractivity contribution is -0.350. The Morgan fingerprint density at radius 2 is 1.38 bits per heavy atom. The molecule has 40 heavy (non-hydrogen) atoms. The first-order chi connectivity index (χ1) is 18.7. The molecule has 0 unspecified atom stereocenters. The first-order valence-electron chi connectivity index (χ1n) is 13.5. The number of carbonyl (C=O) groups excluding carboxylic acids is 3. The van der Waals surface area contributed by atoms with Crippen molar-refractivity contribution in [3.8, 4) is 0 Å². The monoisotopic (exact) mass is 552 g/mol. The average molecular weight is 553 g/mol. The van der Waals surface area contributed by atoms with Crippen LogP contribution in [0.3, 0.4) is 0 Å². The highest BCUT2D eigenvalue weighted by atomic mass is 16.6. The highest BCUT2D eigenvalue weighted by Crippen LogP contribution is 2.68. The predicted octanol–water partition coefficient (Wildman–Crippen LogP) is 3.46. The van der Waals surface area contributed by atoms with Gasteiger partial charge in [-0.05, 0) is 70.7 Å². The third-order valence-electron chi connectivity index (χ3n) is 9.39. The zero-order chi connectivity index (χ0) is 29.1. The molecule has 0 aromatic heterocycles. The van der Waals surface area contributed by atoms with Crippen molar-refractivity contribution >= 4 is 17.9 Å². The molecule has 2 aromatic carbocycles. The van der Waals surface area contributed by atoms with E-state index >= 15 is 0 Å². The Morgan fingerprint density at radius 1 is 0.850 bits per heavy atom. The molecule has 1 saturated heterocycles. The van der Waals surface area contributed by atoms with E-state index in [4.69, 9.17) is 18.9 Å². The van der Waals surface area contributed by atoms with Gasteiger partial charge in [0.1, 0.15) is 23.4 Å². The highest BCUT2D eigenvalue weighted by molar-refractivity contribution is 5.90. The van der Waals surface area contributed by atoms with Crippen LogP contribution in [0.5, 0.6) is 0 Å². The van der Waals surface area contributed by atoms with Crippen LogP contribution in [0.4, 0.5) is 0 Å². The van der Waals surface area contributed by atoms with E-state index in [1.807, 2.05) is 13.8 Å². The van der Waals surface area contributed by atoms with E-state index in [0.29, 0.717) is 18.4 Å². The quantitative estimate of drug-likeness (QED) is 0.423. The van der Waals surface area contributed by atoms with Crippen LogP contribution in [0.1, 0.15) is 68.2 Å². The van der Waals surface area contributed by atoms with Crippen molar-refractivity contribution in [1.82, 2.24) is 0 Å². The van der Waals surface area contributed by atoms with E-state index in [9.17, 15) is 24.6 Å². The molecular formula is C31H36O9. The van der Waals surface area contributed by atoms with Crippen molar-refractivity contribution in [1.29, 1.82) is 0 Å². The first-order valence-corrected chi connectivity index (χ1v) is 13.5. The van der Waals surface area contributed by atoms with E-state index in [-0.39, 0.29) is 11.5 Å². The number of rotatable bonds is 5. The van der Waals surface area contributed by atoms with Gasteiger partial charge in [-0.15, -0.1) is 0 Å². The van der Waals surface area contributed by atoms with Crippen LogP contribution < -0.4 is 0 Å². The summed E-state index contributed by atoms with van der Waals surface area (Å²) in [6, 6.07) is 16.8. The largest absolute Gasteiger partial charge is 0.458 e. The molecule has 5 rings (SSSR count). The van der Waals surface area contributed by atoms with Crippen LogP contribution >= 0.6 is 0 Å². The van der Waals surface area contributed by atoms with Crippen molar-refractivity contribution in [3.05, 3.63) is 71.8 Å². The highest BCUT2D eigenvalue weighted by Gasteiger charge is 2.82. The number of aliphatic hydroxyl groups is 2. The Hall–Kier alpha value is -3.27. The summed E-state index contributed by atoms with van der Waals surface area (Å²) in [5, 5.41) is 23.7. The molecule has 9 heteroatoms. The number of ether oxygens (including phenoxy) is 4. The summed E-state index contributed by atoms with van der Waals surface area (Å²) in [5.41, 5.74) is -5.17. The molecule has 2 aliphatic carbocycles. The number of esters is 3. The molecule has 9 nitrogen and oxygen atoms in total. The molecular weight excluding hydrogens is 516 g/mol. The summed E-state index contributed by atoms with van der Waals surface area (Å²) in [5.74, 6) is -2.22. The molecule has 2 aromatic rings. The van der Waals surface area contributed by atoms with Gasteiger partial charge in [-0.3, -0.25) is 4.79 Å². The maximum absolute atomic E-state index is 13.5. The second kappa shape index (κ2) is 9.68. The predicted molar refractivity (Wildman–Crippen MR) is 142 cm³/mol. The van der Waals surface area contributed by atoms with E-state index < -0.39 is 64.5 Å². The number of hydrogen-bond acceptors (Lipinski definition) is 9. The molecule has 1 aliphatic heterocycles. The second-order valence-electron chi connectivity index (χ2n) is 12.1. The van der Waals surface area contributed by atoms with Gasteiger partial charge in [-0.25, -0.2) is 9.59 Å². The number of hydrogen-bond donors (Lipinski definition) is 2. The lowest BCUT2D eigenvalue weighted by Crippen LogP contribution is -2.82. The molecule has 3 aliphatic rings. The van der Waals surface area contributed by atoms with Gasteiger partial charge in [0.25, 0.3) is 0 Å². The Balaban J connectivity index is 1.67. The van der Waals surface area contributed by atoms with Gasteiger partial charge < -0.3 is 29.2 Å². The number of carbonyl (C=O) groups is 3. The Morgan fingerprint density at radius 3 is 1.90 bits per heavy atom.